The van der Waals surface area contributed by atoms with Crippen molar-refractivity contribution in [1.82, 2.24) is 20.8 Å². The molecule has 0 spiro atoms. The van der Waals surface area contributed by atoms with E-state index in [9.17, 15) is 14.7 Å². The number of rotatable bonds is 7. The van der Waals surface area contributed by atoms with Crippen LogP contribution >= 0.6 is 0 Å². The minimum atomic E-state index is -0.657. The van der Waals surface area contributed by atoms with Crippen LogP contribution in [-0.2, 0) is 32.2 Å². The zero-order chi connectivity index (χ0) is 19.4. The lowest BCUT2D eigenvalue weighted by Crippen LogP contribution is -2.57. The molecule has 0 bridgehead atoms. The van der Waals surface area contributed by atoms with Crippen molar-refractivity contribution in [2.24, 2.45) is 11.3 Å². The summed E-state index contributed by atoms with van der Waals surface area (Å²) < 4.78 is 15.1. The van der Waals surface area contributed by atoms with Gasteiger partial charge in [-0.25, -0.2) is 0 Å². The van der Waals surface area contributed by atoms with Gasteiger partial charge in [0.2, 0.25) is 17.7 Å². The minimum absolute atomic E-state index is 0.126. The van der Waals surface area contributed by atoms with Crippen molar-refractivity contribution in [2.75, 3.05) is 20.3 Å². The van der Waals surface area contributed by atoms with E-state index in [4.69, 9.17) is 14.0 Å². The summed E-state index contributed by atoms with van der Waals surface area (Å²) in [5.41, 5.74) is -0.549. The summed E-state index contributed by atoms with van der Waals surface area (Å²) in [5, 5.41) is 19.6. The third kappa shape index (κ3) is 4.63. The molecule has 0 unspecified atom stereocenters. The van der Waals surface area contributed by atoms with Gasteiger partial charge in [-0.1, -0.05) is 5.16 Å². The molecule has 3 N–H and O–H groups in total. The van der Waals surface area contributed by atoms with Crippen LogP contribution in [0.5, 0.6) is 0 Å². The molecular weight excluding hydrogens is 356 g/mol. The number of ether oxygens (including phenoxy) is 2. The molecular formula is C17H26N4O6. The highest BCUT2D eigenvalue weighted by Gasteiger charge is 2.43. The molecule has 1 aromatic heterocycles. The Morgan fingerprint density at radius 1 is 1.37 bits per heavy atom. The summed E-state index contributed by atoms with van der Waals surface area (Å²) in [6, 6.07) is -0.448. The number of nitrogens with zero attached hydrogens (tertiary/aromatic N) is 2. The number of carbonyl (C=O) groups excluding carboxylic acids is 2. The maximum absolute atomic E-state index is 12.5. The number of carbonyl (C=O) groups is 2. The third-order valence-electron chi connectivity index (χ3n) is 5.09. The van der Waals surface area contributed by atoms with Crippen LogP contribution in [-0.4, -0.2) is 59.5 Å². The normalized spacial score (nSPS) is 26.9. The molecule has 150 valence electrons. The Balaban J connectivity index is 1.50. The summed E-state index contributed by atoms with van der Waals surface area (Å²) in [7, 11) is 1.53. The van der Waals surface area contributed by atoms with Gasteiger partial charge in [-0.3, -0.25) is 9.59 Å². The smallest absolute Gasteiger partial charge is 0.246 e. The molecule has 3 atom stereocenters. The minimum Gasteiger partial charge on any atom is -0.391 e. The molecule has 3 rings (SSSR count). The average molecular weight is 382 g/mol. The van der Waals surface area contributed by atoms with E-state index in [0.29, 0.717) is 44.2 Å². The maximum Gasteiger partial charge on any atom is 0.246 e. The van der Waals surface area contributed by atoms with Crippen LogP contribution in [0, 0.1) is 11.3 Å². The van der Waals surface area contributed by atoms with E-state index in [2.05, 4.69) is 20.8 Å². The van der Waals surface area contributed by atoms with Crippen molar-refractivity contribution >= 4 is 11.8 Å². The SMILES string of the molecule is COCc1noc(CNC(=O)[C@H]2CC[C@@H](O)[C@H](NC(=O)C3(C)COC3)C2)n1. The Hall–Kier alpha value is -2.04. The highest BCUT2D eigenvalue weighted by atomic mass is 16.5. The van der Waals surface area contributed by atoms with Gasteiger partial charge in [0.25, 0.3) is 0 Å². The van der Waals surface area contributed by atoms with E-state index in [0.717, 1.165) is 0 Å². The van der Waals surface area contributed by atoms with Crippen molar-refractivity contribution in [3.05, 3.63) is 11.7 Å². The van der Waals surface area contributed by atoms with E-state index < -0.39 is 17.6 Å². The topological polar surface area (TPSA) is 136 Å². The quantitative estimate of drug-likeness (QED) is 0.575. The van der Waals surface area contributed by atoms with Crippen molar-refractivity contribution < 1.29 is 28.7 Å². The number of nitrogens with one attached hydrogen (secondary N) is 2. The predicted octanol–water partition coefficient (Wildman–Crippen LogP) is -0.485. The first-order chi connectivity index (χ1) is 12.9. The molecule has 0 radical (unpaired) electrons. The number of aromatic nitrogens is 2. The van der Waals surface area contributed by atoms with E-state index in [1.807, 2.05) is 6.92 Å². The van der Waals surface area contributed by atoms with Gasteiger partial charge in [-0.05, 0) is 26.2 Å². The number of aliphatic hydroxyl groups is 1. The zero-order valence-corrected chi connectivity index (χ0v) is 15.6. The van der Waals surface area contributed by atoms with Gasteiger partial charge in [0, 0.05) is 13.0 Å². The average Bonchev–Trinajstić information content (AvgIpc) is 3.07. The second-order valence-corrected chi connectivity index (χ2v) is 7.47. The van der Waals surface area contributed by atoms with Gasteiger partial charge < -0.3 is 29.7 Å². The fourth-order valence-corrected chi connectivity index (χ4v) is 3.29. The first-order valence-electron chi connectivity index (χ1n) is 9.06. The van der Waals surface area contributed by atoms with Crippen LogP contribution in [0.3, 0.4) is 0 Å². The van der Waals surface area contributed by atoms with Gasteiger partial charge in [0.1, 0.15) is 6.61 Å². The molecule has 2 heterocycles. The van der Waals surface area contributed by atoms with Gasteiger partial charge in [0.15, 0.2) is 5.82 Å². The standard InChI is InChI=1S/C17H26N4O6/c1-17(8-26-9-17)16(24)19-11-5-10(3-4-12(11)22)15(23)18-6-14-20-13(7-25-2)21-27-14/h10-12,22H,3-9H2,1-2H3,(H,18,23)(H,19,24)/t10-,11+,12+/m0/s1. The molecule has 2 aliphatic rings. The van der Waals surface area contributed by atoms with Crippen LogP contribution < -0.4 is 10.6 Å². The Morgan fingerprint density at radius 2 is 2.15 bits per heavy atom. The fraction of sp³-hybridized carbons (Fsp3) is 0.765. The van der Waals surface area contributed by atoms with E-state index in [-0.39, 0.29) is 30.9 Å². The lowest BCUT2D eigenvalue weighted by atomic mass is 9.81. The Labute approximate surface area is 157 Å². The molecule has 27 heavy (non-hydrogen) atoms. The maximum atomic E-state index is 12.5. The van der Waals surface area contributed by atoms with Gasteiger partial charge in [-0.2, -0.15) is 4.98 Å². The van der Waals surface area contributed by atoms with Crippen molar-refractivity contribution in [3.8, 4) is 0 Å². The van der Waals surface area contributed by atoms with E-state index in [1.165, 1.54) is 7.11 Å². The van der Waals surface area contributed by atoms with Crippen molar-refractivity contribution in [3.63, 3.8) is 0 Å². The van der Waals surface area contributed by atoms with Crippen LogP contribution in [0.1, 0.15) is 37.9 Å². The van der Waals surface area contributed by atoms with Gasteiger partial charge in [-0.15, -0.1) is 0 Å². The van der Waals surface area contributed by atoms with Crippen LogP contribution in [0.15, 0.2) is 4.52 Å². The first kappa shape index (κ1) is 19.7. The Bertz CT molecular complexity index is 674. The van der Waals surface area contributed by atoms with Crippen LogP contribution in [0.2, 0.25) is 0 Å². The van der Waals surface area contributed by atoms with E-state index in [1.54, 1.807) is 0 Å². The van der Waals surface area contributed by atoms with Crippen molar-refractivity contribution in [1.29, 1.82) is 0 Å². The number of methoxy groups -OCH3 is 1. The zero-order valence-electron chi connectivity index (χ0n) is 15.6. The monoisotopic (exact) mass is 382 g/mol. The summed E-state index contributed by atoms with van der Waals surface area (Å²) in [6.45, 7) is 2.94. The molecule has 2 fully saturated rings. The highest BCUT2D eigenvalue weighted by molar-refractivity contribution is 5.84. The number of hydrogen-bond donors (Lipinski definition) is 3. The first-order valence-corrected chi connectivity index (χ1v) is 9.06. The molecule has 2 amide bonds. The molecule has 1 aromatic rings. The number of aliphatic hydroxyl groups excluding tert-OH is 1. The molecule has 10 heteroatoms. The van der Waals surface area contributed by atoms with Gasteiger partial charge >= 0.3 is 0 Å². The second-order valence-electron chi connectivity index (χ2n) is 7.47. The summed E-state index contributed by atoms with van der Waals surface area (Å²) in [4.78, 5) is 28.9. The summed E-state index contributed by atoms with van der Waals surface area (Å²) in [5.74, 6) is 0.111. The Kier molecular flexibility index (Phi) is 6.08. The molecule has 10 nitrogen and oxygen atoms in total. The number of amides is 2. The largest absolute Gasteiger partial charge is 0.391 e. The summed E-state index contributed by atoms with van der Waals surface area (Å²) >= 11 is 0. The van der Waals surface area contributed by atoms with Crippen LogP contribution in [0.25, 0.3) is 0 Å². The highest BCUT2D eigenvalue weighted by Crippen LogP contribution is 2.29. The van der Waals surface area contributed by atoms with Crippen LogP contribution in [0.4, 0.5) is 0 Å². The Morgan fingerprint density at radius 3 is 2.81 bits per heavy atom. The molecule has 1 saturated heterocycles. The molecule has 1 saturated carbocycles. The third-order valence-corrected chi connectivity index (χ3v) is 5.09. The van der Waals surface area contributed by atoms with Crippen molar-refractivity contribution in [2.45, 2.75) is 51.5 Å². The molecule has 1 aliphatic heterocycles. The van der Waals surface area contributed by atoms with E-state index >= 15 is 0 Å². The fourth-order valence-electron chi connectivity index (χ4n) is 3.29. The lowest BCUT2D eigenvalue weighted by molar-refractivity contribution is -0.160. The number of hydrogen-bond acceptors (Lipinski definition) is 8. The second kappa shape index (κ2) is 8.32. The predicted molar refractivity (Wildman–Crippen MR) is 91.1 cm³/mol. The summed E-state index contributed by atoms with van der Waals surface area (Å²) in [6.07, 6.45) is 0.733. The molecule has 0 aromatic carbocycles. The molecule has 1 aliphatic carbocycles. The van der Waals surface area contributed by atoms with Gasteiger partial charge in [0.05, 0.1) is 37.3 Å². The lowest BCUT2D eigenvalue weighted by Gasteiger charge is -2.40.